The summed E-state index contributed by atoms with van der Waals surface area (Å²) in [6.45, 7) is 0. The number of halogens is 2. The van der Waals surface area contributed by atoms with Crippen molar-refractivity contribution >= 4 is 27.3 Å². The van der Waals surface area contributed by atoms with E-state index in [1.807, 2.05) is 11.4 Å². The summed E-state index contributed by atoms with van der Waals surface area (Å²) in [7, 11) is 0. The van der Waals surface area contributed by atoms with E-state index in [1.165, 1.54) is 17.4 Å². The summed E-state index contributed by atoms with van der Waals surface area (Å²) >= 11 is 4.80. The molecular formula is C14H14BrFN2S. The highest BCUT2D eigenvalue weighted by molar-refractivity contribution is 9.10. The lowest BCUT2D eigenvalue weighted by Crippen LogP contribution is -2.32. The summed E-state index contributed by atoms with van der Waals surface area (Å²) in [4.78, 5) is 4.56. The fourth-order valence-corrected chi connectivity index (χ4v) is 3.87. The number of rotatable bonds is 2. The van der Waals surface area contributed by atoms with E-state index in [9.17, 15) is 4.39 Å². The van der Waals surface area contributed by atoms with Gasteiger partial charge in [-0.3, -0.25) is 0 Å². The van der Waals surface area contributed by atoms with Gasteiger partial charge in [-0.2, -0.15) is 0 Å². The third kappa shape index (κ3) is 2.47. The third-order valence-corrected chi connectivity index (χ3v) is 5.19. The van der Waals surface area contributed by atoms with Gasteiger partial charge < -0.3 is 5.73 Å². The van der Waals surface area contributed by atoms with Crippen LogP contribution in [0.15, 0.2) is 28.1 Å². The molecule has 0 bridgehead atoms. The predicted octanol–water partition coefficient (Wildman–Crippen LogP) is 4.44. The first-order chi connectivity index (χ1) is 9.08. The van der Waals surface area contributed by atoms with Gasteiger partial charge in [-0.25, -0.2) is 9.37 Å². The van der Waals surface area contributed by atoms with E-state index in [4.69, 9.17) is 5.73 Å². The minimum atomic E-state index is -0.297. The lowest BCUT2D eigenvalue weighted by Gasteiger charge is -2.19. The second-order valence-corrected chi connectivity index (χ2v) is 6.80. The van der Waals surface area contributed by atoms with Crippen molar-refractivity contribution in [3.63, 3.8) is 0 Å². The van der Waals surface area contributed by atoms with Crippen LogP contribution in [0.4, 0.5) is 4.39 Å². The molecule has 2 nitrogen and oxygen atoms in total. The molecule has 1 aromatic heterocycles. The van der Waals surface area contributed by atoms with Gasteiger partial charge in [-0.15, -0.1) is 11.3 Å². The molecule has 1 fully saturated rings. The number of nitrogens with zero attached hydrogens (tertiary/aromatic N) is 1. The van der Waals surface area contributed by atoms with Crippen LogP contribution in [-0.4, -0.2) is 4.98 Å². The lowest BCUT2D eigenvalue weighted by atomic mass is 10.0. The Labute approximate surface area is 124 Å². The van der Waals surface area contributed by atoms with Gasteiger partial charge in [0.1, 0.15) is 10.8 Å². The summed E-state index contributed by atoms with van der Waals surface area (Å²) < 4.78 is 14.7. The molecule has 0 radical (unpaired) electrons. The molecule has 0 unspecified atom stereocenters. The van der Waals surface area contributed by atoms with Crippen molar-refractivity contribution in [2.45, 2.75) is 31.2 Å². The number of aromatic nitrogens is 1. The average Bonchev–Trinajstić information content (AvgIpc) is 2.99. The smallest absolute Gasteiger partial charge is 0.133 e. The van der Waals surface area contributed by atoms with Crippen molar-refractivity contribution in [1.29, 1.82) is 0 Å². The highest BCUT2D eigenvalue weighted by Gasteiger charge is 2.34. The van der Waals surface area contributed by atoms with Crippen LogP contribution in [0.3, 0.4) is 0 Å². The molecule has 0 aliphatic heterocycles. The monoisotopic (exact) mass is 340 g/mol. The molecule has 1 heterocycles. The van der Waals surface area contributed by atoms with Gasteiger partial charge in [0, 0.05) is 15.4 Å². The summed E-state index contributed by atoms with van der Waals surface area (Å²) in [6.07, 6.45) is 4.25. The molecular weight excluding hydrogens is 327 g/mol. The van der Waals surface area contributed by atoms with E-state index in [1.54, 1.807) is 6.07 Å². The summed E-state index contributed by atoms with van der Waals surface area (Å²) in [6, 6.07) is 5.03. The molecule has 100 valence electrons. The summed E-state index contributed by atoms with van der Waals surface area (Å²) in [5.41, 5.74) is 7.30. The molecule has 0 saturated heterocycles. The quantitative estimate of drug-likeness (QED) is 0.877. The van der Waals surface area contributed by atoms with Crippen molar-refractivity contribution in [2.75, 3.05) is 0 Å². The third-order valence-electron chi connectivity index (χ3n) is 3.63. The van der Waals surface area contributed by atoms with Gasteiger partial charge in [-0.1, -0.05) is 28.8 Å². The fraction of sp³-hybridized carbons (Fsp3) is 0.357. The maximum Gasteiger partial charge on any atom is 0.133 e. The molecule has 5 heteroatoms. The van der Waals surface area contributed by atoms with Gasteiger partial charge >= 0.3 is 0 Å². The first-order valence-corrected chi connectivity index (χ1v) is 7.96. The van der Waals surface area contributed by atoms with E-state index >= 15 is 0 Å². The first-order valence-electron chi connectivity index (χ1n) is 6.29. The van der Waals surface area contributed by atoms with E-state index in [-0.39, 0.29) is 11.4 Å². The van der Waals surface area contributed by atoms with E-state index < -0.39 is 0 Å². The van der Waals surface area contributed by atoms with Crippen molar-refractivity contribution in [2.24, 2.45) is 5.73 Å². The lowest BCUT2D eigenvalue weighted by molar-refractivity contribution is 0.459. The second kappa shape index (κ2) is 4.96. The highest BCUT2D eigenvalue weighted by Crippen LogP contribution is 2.39. The average molecular weight is 341 g/mol. The SMILES string of the molecule is NC1(c2nc(-c3ccc(Br)cc3F)cs2)CCCC1. The molecule has 0 spiro atoms. The van der Waals surface area contributed by atoms with Crippen LogP contribution in [0.25, 0.3) is 11.3 Å². The Bertz CT molecular complexity index is 605. The minimum absolute atomic E-state index is 0.260. The van der Waals surface area contributed by atoms with Gasteiger partial charge in [0.15, 0.2) is 0 Å². The van der Waals surface area contributed by atoms with Crippen LogP contribution >= 0.6 is 27.3 Å². The zero-order valence-corrected chi connectivity index (χ0v) is 12.7. The van der Waals surface area contributed by atoms with Crippen molar-refractivity contribution < 1.29 is 4.39 Å². The Kier molecular flexibility index (Phi) is 3.45. The van der Waals surface area contributed by atoms with Crippen molar-refractivity contribution in [3.05, 3.63) is 38.9 Å². The highest BCUT2D eigenvalue weighted by atomic mass is 79.9. The van der Waals surface area contributed by atoms with Crippen LogP contribution in [-0.2, 0) is 5.54 Å². The Morgan fingerprint density at radius 2 is 2.05 bits per heavy atom. The zero-order chi connectivity index (χ0) is 13.5. The Balaban J connectivity index is 1.97. The number of hydrogen-bond acceptors (Lipinski definition) is 3. The summed E-state index contributed by atoms with van der Waals surface area (Å²) in [5, 5.41) is 2.83. The number of hydrogen-bond donors (Lipinski definition) is 1. The number of nitrogens with two attached hydrogens (primary N) is 1. The maximum absolute atomic E-state index is 13.9. The van der Waals surface area contributed by atoms with Crippen LogP contribution in [0.5, 0.6) is 0 Å². The number of benzene rings is 1. The molecule has 1 aliphatic carbocycles. The molecule has 0 amide bonds. The molecule has 2 aromatic rings. The molecule has 19 heavy (non-hydrogen) atoms. The van der Waals surface area contributed by atoms with Crippen LogP contribution in [0.2, 0.25) is 0 Å². The van der Waals surface area contributed by atoms with Crippen LogP contribution in [0, 0.1) is 5.82 Å². The van der Waals surface area contributed by atoms with Gasteiger partial charge in [-0.05, 0) is 31.0 Å². The van der Waals surface area contributed by atoms with Crippen LogP contribution < -0.4 is 5.73 Å². The second-order valence-electron chi connectivity index (χ2n) is 5.03. The van der Waals surface area contributed by atoms with Gasteiger partial charge in [0.25, 0.3) is 0 Å². The first kappa shape index (κ1) is 13.2. The minimum Gasteiger partial charge on any atom is -0.319 e. The van der Waals surface area contributed by atoms with Gasteiger partial charge in [0.2, 0.25) is 0 Å². The summed E-state index contributed by atoms with van der Waals surface area (Å²) in [5.74, 6) is -0.260. The molecule has 1 saturated carbocycles. The standard InChI is InChI=1S/C14H14BrFN2S/c15-9-3-4-10(11(16)7-9)12-8-19-13(18-12)14(17)5-1-2-6-14/h3-4,7-8H,1-2,5-6,17H2. The largest absolute Gasteiger partial charge is 0.319 e. The van der Waals surface area contributed by atoms with Crippen LogP contribution in [0.1, 0.15) is 30.7 Å². The van der Waals surface area contributed by atoms with E-state index in [0.29, 0.717) is 11.3 Å². The fourth-order valence-electron chi connectivity index (χ4n) is 2.54. The molecule has 3 rings (SSSR count). The Morgan fingerprint density at radius 1 is 1.32 bits per heavy atom. The topological polar surface area (TPSA) is 38.9 Å². The maximum atomic E-state index is 13.9. The Morgan fingerprint density at radius 3 is 2.74 bits per heavy atom. The van der Waals surface area contributed by atoms with Crippen molar-refractivity contribution in [3.8, 4) is 11.3 Å². The number of thiazole rings is 1. The normalized spacial score (nSPS) is 17.8. The van der Waals surface area contributed by atoms with Crippen molar-refractivity contribution in [1.82, 2.24) is 4.98 Å². The molecule has 0 atom stereocenters. The van der Waals surface area contributed by atoms with Gasteiger partial charge in [0.05, 0.1) is 11.2 Å². The molecule has 2 N–H and O–H groups in total. The molecule has 1 aromatic carbocycles. The predicted molar refractivity (Wildman–Crippen MR) is 79.5 cm³/mol. The molecule has 1 aliphatic rings. The van der Waals surface area contributed by atoms with E-state index in [2.05, 4.69) is 20.9 Å². The Hall–Kier alpha value is -0.780. The van der Waals surface area contributed by atoms with E-state index in [0.717, 1.165) is 35.2 Å². The zero-order valence-electron chi connectivity index (χ0n) is 10.3.